The number of hydrogen-bond acceptors (Lipinski definition) is 3. The van der Waals surface area contributed by atoms with Gasteiger partial charge >= 0.3 is 18.4 Å². The van der Waals surface area contributed by atoms with Gasteiger partial charge in [-0.2, -0.15) is 31.4 Å². The molecule has 0 radical (unpaired) electrons. The number of nitrogens with one attached hydrogen (secondary N) is 1. The molecule has 2 amide bonds. The molecule has 1 aliphatic rings. The van der Waals surface area contributed by atoms with Crippen molar-refractivity contribution in [1.82, 2.24) is 14.7 Å². The van der Waals surface area contributed by atoms with Crippen LogP contribution >= 0.6 is 0 Å². The molecule has 0 aliphatic carbocycles. The third-order valence-corrected chi connectivity index (χ3v) is 8.40. The molecule has 1 aliphatic heterocycles. The van der Waals surface area contributed by atoms with E-state index in [4.69, 9.17) is 10.8 Å². The number of aryl methyl sites for hydroxylation is 2. The van der Waals surface area contributed by atoms with Gasteiger partial charge in [0.25, 0.3) is 0 Å². The van der Waals surface area contributed by atoms with Gasteiger partial charge in [0.2, 0.25) is 0 Å². The van der Waals surface area contributed by atoms with Crippen molar-refractivity contribution in [2.45, 2.75) is 71.5 Å². The number of anilines is 1. The molecule has 4 aromatic rings. The number of halogens is 8. The Bertz CT molecular complexity index is 1810. The van der Waals surface area contributed by atoms with Crippen LogP contribution in [0, 0.1) is 11.6 Å². The molecule has 250 valence electrons. The SMILES string of the molecule is CCc1cccc(CC)c1-n1nc2c(c1-c1cc(F)c(NC(N)=O)cc1F)CN(Cc1ccc(C(F)(F)F)cc1C(F)(F)F)[C@@H](C)C2. The first-order chi connectivity index (χ1) is 22.0. The highest BCUT2D eigenvalue weighted by Gasteiger charge is 2.39. The molecule has 5 rings (SSSR count). The lowest BCUT2D eigenvalue weighted by atomic mass is 9.94. The van der Waals surface area contributed by atoms with Gasteiger partial charge in [-0.3, -0.25) is 4.90 Å². The van der Waals surface area contributed by atoms with Crippen LogP contribution in [0.5, 0.6) is 0 Å². The zero-order valence-corrected chi connectivity index (χ0v) is 25.6. The summed E-state index contributed by atoms with van der Waals surface area (Å²) in [4.78, 5) is 13.0. The first-order valence-corrected chi connectivity index (χ1v) is 14.8. The number of hydrogen-bond donors (Lipinski definition) is 2. The van der Waals surface area contributed by atoms with Crippen LogP contribution < -0.4 is 11.1 Å². The molecule has 1 aromatic heterocycles. The van der Waals surface area contributed by atoms with E-state index in [0.29, 0.717) is 35.9 Å². The number of carbonyl (C=O) groups excluding carboxylic acids is 1. The summed E-state index contributed by atoms with van der Waals surface area (Å²) in [5.74, 6) is -1.90. The Kier molecular flexibility index (Phi) is 9.10. The fourth-order valence-corrected chi connectivity index (χ4v) is 6.06. The normalized spacial score (nSPS) is 15.5. The predicted octanol–water partition coefficient (Wildman–Crippen LogP) is 8.42. The Morgan fingerprint density at radius 2 is 1.60 bits per heavy atom. The Balaban J connectivity index is 1.69. The van der Waals surface area contributed by atoms with Gasteiger partial charge in [0.05, 0.1) is 33.9 Å². The summed E-state index contributed by atoms with van der Waals surface area (Å²) >= 11 is 0. The molecule has 0 saturated carbocycles. The first kappa shape index (κ1) is 33.9. The molecule has 14 heteroatoms. The number of nitrogens with two attached hydrogens (primary N) is 1. The van der Waals surface area contributed by atoms with Crippen LogP contribution in [0.15, 0.2) is 48.5 Å². The minimum Gasteiger partial charge on any atom is -0.351 e. The molecular weight excluding hydrogens is 634 g/mol. The third-order valence-electron chi connectivity index (χ3n) is 8.40. The third kappa shape index (κ3) is 6.69. The van der Waals surface area contributed by atoms with Crippen molar-refractivity contribution in [1.29, 1.82) is 0 Å². The van der Waals surface area contributed by atoms with Gasteiger partial charge in [-0.1, -0.05) is 38.1 Å². The minimum absolute atomic E-state index is 0.0672. The molecule has 6 nitrogen and oxygen atoms in total. The van der Waals surface area contributed by atoms with Crippen molar-refractivity contribution in [2.24, 2.45) is 5.73 Å². The monoisotopic (exact) mass is 665 g/mol. The number of alkyl halides is 6. The standard InChI is InChI=1S/C33H31F8N5O/c1-4-18-7-6-8-19(5-2)29(18)46-30(22-13-26(35)28(14-25(22)34)43-31(42)47)23-16-45(17(3)11-27(23)44-46)15-20-9-10-21(32(36,37)38)12-24(20)33(39,40)41/h6-10,12-14,17H,4-5,11,15-16H2,1-3H3,(H3,42,43,47)/t17-/m0/s1. The number of urea groups is 1. The molecule has 0 spiro atoms. The lowest BCUT2D eigenvalue weighted by molar-refractivity contribution is -0.143. The topological polar surface area (TPSA) is 76.2 Å². The second-order valence-electron chi connectivity index (χ2n) is 11.4. The van der Waals surface area contributed by atoms with Crippen molar-refractivity contribution in [2.75, 3.05) is 5.32 Å². The number of carbonyl (C=O) groups is 1. The van der Waals surface area contributed by atoms with Crippen LogP contribution in [0.2, 0.25) is 0 Å². The van der Waals surface area contributed by atoms with Crippen molar-refractivity contribution in [3.8, 4) is 16.9 Å². The summed E-state index contributed by atoms with van der Waals surface area (Å²) in [6.45, 7) is 5.17. The summed E-state index contributed by atoms with van der Waals surface area (Å²) in [7, 11) is 0. The van der Waals surface area contributed by atoms with E-state index in [1.54, 1.807) is 11.8 Å². The minimum atomic E-state index is -5.06. The quantitative estimate of drug-likeness (QED) is 0.195. The van der Waals surface area contributed by atoms with E-state index in [1.807, 2.05) is 37.4 Å². The number of fused-ring (bicyclic) bond motifs is 1. The Morgan fingerprint density at radius 1 is 0.936 bits per heavy atom. The highest BCUT2D eigenvalue weighted by atomic mass is 19.4. The van der Waals surface area contributed by atoms with Crippen LogP contribution in [-0.2, 0) is 44.7 Å². The highest BCUT2D eigenvalue weighted by Crippen LogP contribution is 2.41. The Morgan fingerprint density at radius 3 is 2.17 bits per heavy atom. The lowest BCUT2D eigenvalue weighted by Crippen LogP contribution is -2.38. The molecule has 2 heterocycles. The second kappa shape index (κ2) is 12.6. The zero-order valence-electron chi connectivity index (χ0n) is 25.6. The van der Waals surface area contributed by atoms with Crippen LogP contribution in [0.4, 0.5) is 45.6 Å². The van der Waals surface area contributed by atoms with Gasteiger partial charge in [-0.05, 0) is 54.7 Å². The van der Waals surface area contributed by atoms with Gasteiger partial charge in [0.1, 0.15) is 11.6 Å². The molecule has 0 unspecified atom stereocenters. The number of rotatable bonds is 7. The molecule has 0 fully saturated rings. The highest BCUT2D eigenvalue weighted by molar-refractivity contribution is 5.88. The molecule has 3 aromatic carbocycles. The molecule has 0 bridgehead atoms. The van der Waals surface area contributed by atoms with Crippen LogP contribution in [0.25, 0.3) is 16.9 Å². The fraction of sp³-hybridized carbons (Fsp3) is 0.333. The molecular formula is C33H31F8N5O. The number of primary amides is 1. The van der Waals surface area contributed by atoms with E-state index in [9.17, 15) is 31.1 Å². The maximum absolute atomic E-state index is 15.9. The fourth-order valence-electron chi connectivity index (χ4n) is 6.06. The number of amides is 2. The van der Waals surface area contributed by atoms with Crippen molar-refractivity contribution in [3.05, 3.63) is 99.2 Å². The summed E-state index contributed by atoms with van der Waals surface area (Å²) in [6.07, 6.45) is -8.68. The van der Waals surface area contributed by atoms with Crippen LogP contribution in [0.1, 0.15) is 59.8 Å². The van der Waals surface area contributed by atoms with Gasteiger partial charge in [0.15, 0.2) is 0 Å². The summed E-state index contributed by atoms with van der Waals surface area (Å²) in [6, 6.07) is 7.34. The largest absolute Gasteiger partial charge is 0.416 e. The Hall–Kier alpha value is -4.46. The smallest absolute Gasteiger partial charge is 0.351 e. The number of aromatic nitrogens is 2. The van der Waals surface area contributed by atoms with Gasteiger partial charge in [-0.25, -0.2) is 18.3 Å². The summed E-state index contributed by atoms with van der Waals surface area (Å²) < 4.78 is 115. The number of para-hydroxylation sites is 1. The van der Waals surface area contributed by atoms with Gasteiger partial charge in [0, 0.05) is 42.7 Å². The number of benzene rings is 3. The first-order valence-electron chi connectivity index (χ1n) is 14.8. The molecule has 1 atom stereocenters. The Labute approximate surface area is 265 Å². The van der Waals surface area contributed by atoms with E-state index < -0.39 is 52.9 Å². The molecule has 0 saturated heterocycles. The van der Waals surface area contributed by atoms with Crippen LogP contribution in [-0.4, -0.2) is 26.8 Å². The number of nitrogens with zero attached hydrogens (tertiary/aromatic N) is 3. The predicted molar refractivity (Wildman–Crippen MR) is 160 cm³/mol. The lowest BCUT2D eigenvalue weighted by Gasteiger charge is -2.34. The van der Waals surface area contributed by atoms with Gasteiger partial charge in [-0.15, -0.1) is 0 Å². The van der Waals surface area contributed by atoms with Crippen LogP contribution in [0.3, 0.4) is 0 Å². The van der Waals surface area contributed by atoms with E-state index in [1.165, 1.54) is 4.68 Å². The average Bonchev–Trinajstić information content (AvgIpc) is 3.34. The average molecular weight is 666 g/mol. The summed E-state index contributed by atoms with van der Waals surface area (Å²) in [5.41, 5.74) is 4.70. The van der Waals surface area contributed by atoms with Crippen molar-refractivity contribution >= 4 is 11.7 Å². The van der Waals surface area contributed by atoms with E-state index in [2.05, 4.69) is 0 Å². The maximum atomic E-state index is 15.9. The van der Waals surface area contributed by atoms with E-state index in [-0.39, 0.29) is 42.4 Å². The van der Waals surface area contributed by atoms with Crippen molar-refractivity contribution in [3.63, 3.8) is 0 Å². The molecule has 47 heavy (non-hydrogen) atoms. The maximum Gasteiger partial charge on any atom is 0.416 e. The zero-order chi connectivity index (χ0) is 34.4. The summed E-state index contributed by atoms with van der Waals surface area (Å²) in [5, 5.41) is 6.88. The van der Waals surface area contributed by atoms with Gasteiger partial charge < -0.3 is 11.1 Å². The molecule has 3 N–H and O–H groups in total. The second-order valence-corrected chi connectivity index (χ2v) is 11.4. The van der Waals surface area contributed by atoms with E-state index >= 15 is 8.78 Å². The van der Waals surface area contributed by atoms with E-state index in [0.717, 1.165) is 29.3 Å². The van der Waals surface area contributed by atoms with Crippen molar-refractivity contribution < 1.29 is 39.9 Å².